The quantitative estimate of drug-likeness (QED) is 0.697. The lowest BCUT2D eigenvalue weighted by molar-refractivity contribution is 0.0909. The molecule has 3 aromatic rings. The summed E-state index contributed by atoms with van der Waals surface area (Å²) in [7, 11) is 0. The summed E-state index contributed by atoms with van der Waals surface area (Å²) in [6, 6.07) is 9.06. The normalized spacial score (nSPS) is 28.8. The van der Waals surface area contributed by atoms with Crippen molar-refractivity contribution >= 4 is 40.4 Å². The van der Waals surface area contributed by atoms with Crippen molar-refractivity contribution in [3.8, 4) is 0 Å². The first-order chi connectivity index (χ1) is 12.6. The van der Waals surface area contributed by atoms with Gasteiger partial charge in [0.05, 0.1) is 11.0 Å². The van der Waals surface area contributed by atoms with Crippen LogP contribution in [-0.2, 0) is 5.41 Å². The zero-order valence-electron chi connectivity index (χ0n) is 13.8. The number of aromatic nitrogens is 1. The van der Waals surface area contributed by atoms with Gasteiger partial charge in [-0.25, -0.2) is 4.98 Å². The monoisotopic (exact) mass is 386 g/mol. The number of hydrogen-bond donors (Lipinski definition) is 1. The van der Waals surface area contributed by atoms with Crippen LogP contribution >= 0.6 is 23.4 Å². The van der Waals surface area contributed by atoms with Crippen LogP contribution in [0.2, 0.25) is 5.02 Å². The fraction of sp³-hybridized carbons (Fsp3) is 0.368. The molecule has 132 valence electrons. The molecular weight excluding hydrogens is 372 g/mol. The Kier molecular flexibility index (Phi) is 2.84. The highest BCUT2D eigenvalue weighted by molar-refractivity contribution is 8.00. The Morgan fingerprint density at radius 1 is 1.23 bits per heavy atom. The molecule has 2 aromatic heterocycles. The van der Waals surface area contributed by atoms with E-state index < -0.39 is 0 Å². The summed E-state index contributed by atoms with van der Waals surface area (Å²) in [4.78, 5) is 17.1. The number of nitrogens with zero attached hydrogens (tertiary/aromatic N) is 1. The van der Waals surface area contributed by atoms with Crippen molar-refractivity contribution in [1.82, 2.24) is 10.3 Å². The number of thioether (sulfide) groups is 1. The van der Waals surface area contributed by atoms with Gasteiger partial charge >= 0.3 is 0 Å². The molecule has 0 atom stereocenters. The van der Waals surface area contributed by atoms with Crippen molar-refractivity contribution in [2.24, 2.45) is 0 Å². The molecule has 0 saturated heterocycles. The highest BCUT2D eigenvalue weighted by Gasteiger charge is 2.87. The third-order valence-corrected chi connectivity index (χ3v) is 7.09. The summed E-state index contributed by atoms with van der Waals surface area (Å²) >= 11 is 7.73. The minimum absolute atomic E-state index is 0.160. The fourth-order valence-electron chi connectivity index (χ4n) is 3.69. The van der Waals surface area contributed by atoms with E-state index in [0.29, 0.717) is 21.9 Å². The van der Waals surface area contributed by atoms with E-state index in [1.165, 1.54) is 12.8 Å². The molecule has 3 saturated carbocycles. The summed E-state index contributed by atoms with van der Waals surface area (Å²) in [5.74, 6) is 0.908. The van der Waals surface area contributed by atoms with Crippen LogP contribution in [0, 0.1) is 0 Å². The average molecular weight is 387 g/mol. The number of benzene rings is 1. The Labute approximate surface area is 158 Å². The van der Waals surface area contributed by atoms with Crippen LogP contribution in [0.1, 0.15) is 42.1 Å². The van der Waals surface area contributed by atoms with Gasteiger partial charge in [-0.2, -0.15) is 0 Å². The standard InChI is InChI=1S/C19H15ClN2O3S/c20-10-1-4-13-12(7-10)21-17(25-13)18-8-19(18,9-18)22-16(23)14-5-6-15(24-14)26-11-2-3-11/h1,4-7,11H,2-3,8-9H2,(H,22,23). The second-order valence-electron chi connectivity index (χ2n) is 7.54. The van der Waals surface area contributed by atoms with Gasteiger partial charge in [0.1, 0.15) is 5.52 Å². The fourth-order valence-corrected chi connectivity index (χ4v) is 4.85. The minimum atomic E-state index is -0.231. The minimum Gasteiger partial charge on any atom is -0.445 e. The smallest absolute Gasteiger partial charge is 0.287 e. The van der Waals surface area contributed by atoms with Crippen LogP contribution in [0.25, 0.3) is 11.1 Å². The predicted octanol–water partition coefficient (Wildman–Crippen LogP) is 4.54. The first-order valence-corrected chi connectivity index (χ1v) is 9.98. The van der Waals surface area contributed by atoms with Gasteiger partial charge in [0, 0.05) is 10.3 Å². The summed E-state index contributed by atoms with van der Waals surface area (Å²) in [5, 5.41) is 5.25. The van der Waals surface area contributed by atoms with E-state index in [1.54, 1.807) is 30.0 Å². The molecule has 1 amide bonds. The highest BCUT2D eigenvalue weighted by Crippen LogP contribution is 2.78. The molecule has 3 fully saturated rings. The van der Waals surface area contributed by atoms with E-state index in [-0.39, 0.29) is 16.9 Å². The average Bonchev–Trinajstić information content (AvgIpc) is 3.49. The zero-order chi connectivity index (χ0) is 17.5. The maximum absolute atomic E-state index is 12.5. The van der Waals surface area contributed by atoms with Crippen LogP contribution in [0.4, 0.5) is 0 Å². The highest BCUT2D eigenvalue weighted by atomic mass is 35.5. The van der Waals surface area contributed by atoms with Gasteiger partial charge in [0.15, 0.2) is 16.4 Å². The van der Waals surface area contributed by atoms with E-state index in [2.05, 4.69) is 10.3 Å². The number of fused-ring (bicyclic) bond motifs is 2. The Bertz CT molecular complexity index is 1060. The maximum atomic E-state index is 12.5. The summed E-state index contributed by atoms with van der Waals surface area (Å²) in [6.45, 7) is 0. The molecule has 5 nitrogen and oxygen atoms in total. The van der Waals surface area contributed by atoms with E-state index in [0.717, 1.165) is 29.0 Å². The van der Waals surface area contributed by atoms with Crippen LogP contribution in [-0.4, -0.2) is 21.7 Å². The number of carbonyl (C=O) groups is 1. The van der Waals surface area contributed by atoms with Crippen LogP contribution in [0.15, 0.2) is 44.3 Å². The molecule has 1 N–H and O–H groups in total. The molecule has 26 heavy (non-hydrogen) atoms. The first-order valence-electron chi connectivity index (χ1n) is 8.73. The lowest BCUT2D eigenvalue weighted by Gasteiger charge is -2.03. The van der Waals surface area contributed by atoms with Crippen LogP contribution in [0.3, 0.4) is 0 Å². The molecule has 7 heteroatoms. The number of nitrogens with one attached hydrogen (secondary N) is 1. The van der Waals surface area contributed by atoms with Gasteiger partial charge in [0.25, 0.3) is 5.91 Å². The number of rotatable bonds is 5. The predicted molar refractivity (Wildman–Crippen MR) is 97.7 cm³/mol. The Morgan fingerprint density at radius 3 is 2.88 bits per heavy atom. The van der Waals surface area contributed by atoms with Gasteiger partial charge in [-0.1, -0.05) is 23.4 Å². The van der Waals surface area contributed by atoms with E-state index in [4.69, 9.17) is 20.4 Å². The molecule has 6 rings (SSSR count). The summed E-state index contributed by atoms with van der Waals surface area (Å²) in [6.07, 6.45) is 4.18. The van der Waals surface area contributed by atoms with Crippen molar-refractivity contribution in [2.45, 2.75) is 47.0 Å². The molecule has 0 unspecified atom stereocenters. The lowest BCUT2D eigenvalue weighted by Crippen LogP contribution is -2.30. The van der Waals surface area contributed by atoms with Crippen molar-refractivity contribution in [1.29, 1.82) is 0 Å². The number of amides is 1. The number of hydrogen-bond acceptors (Lipinski definition) is 5. The third kappa shape index (κ3) is 2.18. The summed E-state index contributed by atoms with van der Waals surface area (Å²) < 4.78 is 11.6. The Balaban J connectivity index is 1.19. The Morgan fingerprint density at radius 2 is 2.08 bits per heavy atom. The third-order valence-electron chi connectivity index (χ3n) is 5.60. The lowest BCUT2D eigenvalue weighted by atomic mass is 10.2. The molecule has 1 aromatic carbocycles. The number of halogens is 1. The van der Waals surface area contributed by atoms with Crippen molar-refractivity contribution in [3.63, 3.8) is 0 Å². The van der Waals surface area contributed by atoms with Gasteiger partial charge in [-0.05, 0) is 56.0 Å². The Hall–Kier alpha value is -1.92. The van der Waals surface area contributed by atoms with Gasteiger partial charge in [0.2, 0.25) is 5.89 Å². The van der Waals surface area contributed by atoms with Crippen LogP contribution in [0.5, 0.6) is 0 Å². The molecule has 0 radical (unpaired) electrons. The molecule has 2 heterocycles. The molecule has 3 aliphatic rings. The first kappa shape index (κ1) is 15.2. The van der Waals surface area contributed by atoms with E-state index in [9.17, 15) is 4.79 Å². The number of carbonyl (C=O) groups excluding carboxylic acids is 1. The number of furan rings is 1. The maximum Gasteiger partial charge on any atom is 0.287 e. The van der Waals surface area contributed by atoms with Gasteiger partial charge in [-0.3, -0.25) is 4.79 Å². The zero-order valence-corrected chi connectivity index (χ0v) is 15.3. The molecular formula is C19H15ClN2O3S. The van der Waals surface area contributed by atoms with E-state index >= 15 is 0 Å². The van der Waals surface area contributed by atoms with Gasteiger partial charge in [-0.15, -0.1) is 0 Å². The van der Waals surface area contributed by atoms with Gasteiger partial charge < -0.3 is 14.2 Å². The molecule has 0 aliphatic heterocycles. The van der Waals surface area contributed by atoms with E-state index in [1.807, 2.05) is 12.1 Å². The topological polar surface area (TPSA) is 68.3 Å². The van der Waals surface area contributed by atoms with Crippen molar-refractivity contribution < 1.29 is 13.6 Å². The van der Waals surface area contributed by atoms with Crippen molar-refractivity contribution in [2.75, 3.05) is 0 Å². The molecule has 0 bridgehead atoms. The van der Waals surface area contributed by atoms with Crippen LogP contribution < -0.4 is 5.32 Å². The molecule has 0 spiro atoms. The second kappa shape index (κ2) is 4.87. The molecule has 3 aliphatic carbocycles. The second-order valence-corrected chi connectivity index (χ2v) is 9.28. The SMILES string of the molecule is O=C(NC12CC1(c1nc3cc(Cl)ccc3o1)C2)c1ccc(SC2CC2)o1. The summed E-state index contributed by atoms with van der Waals surface area (Å²) in [5.41, 5.74) is 1.09. The number of oxazole rings is 1. The van der Waals surface area contributed by atoms with Crippen molar-refractivity contribution in [3.05, 3.63) is 47.0 Å². The largest absolute Gasteiger partial charge is 0.445 e.